The van der Waals surface area contributed by atoms with E-state index in [2.05, 4.69) is 5.32 Å². The molecule has 2 rings (SSSR count). The van der Waals surface area contributed by atoms with Crippen molar-refractivity contribution in [3.05, 3.63) is 33.9 Å². The molecule has 1 aromatic carbocycles. The normalized spacial score (nSPS) is 21.6. The lowest BCUT2D eigenvalue weighted by molar-refractivity contribution is -0.384. The lowest BCUT2D eigenvalue weighted by Crippen LogP contribution is -2.21. The molecule has 2 atom stereocenters. The molecule has 1 saturated heterocycles. The molecule has 0 aliphatic carbocycles. The topological polar surface area (TPSA) is 107 Å². The van der Waals surface area contributed by atoms with Crippen LogP contribution in [0.4, 0.5) is 11.4 Å². The second-order valence-corrected chi connectivity index (χ2v) is 4.86. The first-order chi connectivity index (χ1) is 9.49. The molecule has 108 valence electrons. The Bertz CT molecular complexity index is 532. The number of nitrogens with two attached hydrogens (primary N) is 1. The van der Waals surface area contributed by atoms with E-state index < -0.39 is 10.8 Å². The van der Waals surface area contributed by atoms with Gasteiger partial charge in [-0.25, -0.2) is 0 Å². The third-order valence-corrected chi connectivity index (χ3v) is 3.57. The number of nitro groups is 1. The van der Waals surface area contributed by atoms with Crippen molar-refractivity contribution in [1.29, 1.82) is 0 Å². The van der Waals surface area contributed by atoms with E-state index in [0.29, 0.717) is 24.8 Å². The molecule has 0 saturated carbocycles. The van der Waals surface area contributed by atoms with Gasteiger partial charge in [-0.15, -0.1) is 0 Å². The number of hydrogen-bond donors (Lipinski definition) is 2. The SMILES string of the molecule is CC1OCCC1CNc1cc(C(N)=O)ccc1[N+](=O)[O-]. The van der Waals surface area contributed by atoms with Gasteiger partial charge in [0, 0.05) is 30.7 Å². The van der Waals surface area contributed by atoms with Gasteiger partial charge < -0.3 is 15.8 Å². The van der Waals surface area contributed by atoms with Gasteiger partial charge in [-0.1, -0.05) is 0 Å². The number of nitro benzene ring substituents is 1. The number of nitrogens with zero attached hydrogens (tertiary/aromatic N) is 1. The maximum absolute atomic E-state index is 11.2. The molecule has 2 unspecified atom stereocenters. The van der Waals surface area contributed by atoms with E-state index >= 15 is 0 Å². The fourth-order valence-electron chi connectivity index (χ4n) is 2.28. The molecule has 0 spiro atoms. The summed E-state index contributed by atoms with van der Waals surface area (Å²) in [6.07, 6.45) is 1.04. The summed E-state index contributed by atoms with van der Waals surface area (Å²) in [6.45, 7) is 3.24. The zero-order valence-electron chi connectivity index (χ0n) is 11.2. The van der Waals surface area contributed by atoms with Crippen molar-refractivity contribution in [2.45, 2.75) is 19.4 Å². The number of carbonyl (C=O) groups is 1. The minimum absolute atomic E-state index is 0.0680. The number of benzene rings is 1. The van der Waals surface area contributed by atoms with Crippen molar-refractivity contribution in [3.63, 3.8) is 0 Å². The van der Waals surface area contributed by atoms with Gasteiger partial charge in [-0.2, -0.15) is 0 Å². The number of rotatable bonds is 5. The van der Waals surface area contributed by atoms with Gasteiger partial charge in [0.25, 0.3) is 5.69 Å². The van der Waals surface area contributed by atoms with Crippen LogP contribution in [0.25, 0.3) is 0 Å². The zero-order chi connectivity index (χ0) is 14.7. The zero-order valence-corrected chi connectivity index (χ0v) is 11.2. The summed E-state index contributed by atoms with van der Waals surface area (Å²) >= 11 is 0. The van der Waals surface area contributed by atoms with Crippen molar-refractivity contribution >= 4 is 17.3 Å². The van der Waals surface area contributed by atoms with E-state index in [0.717, 1.165) is 6.42 Å². The summed E-state index contributed by atoms with van der Waals surface area (Å²) in [4.78, 5) is 21.7. The molecular weight excluding hydrogens is 262 g/mol. The van der Waals surface area contributed by atoms with Gasteiger partial charge in [0.2, 0.25) is 5.91 Å². The number of carbonyl (C=O) groups excluding carboxylic acids is 1. The Kier molecular flexibility index (Phi) is 4.19. The molecule has 7 heteroatoms. The van der Waals surface area contributed by atoms with E-state index in [1.807, 2.05) is 6.92 Å². The largest absolute Gasteiger partial charge is 0.379 e. The molecule has 1 fully saturated rings. The fourth-order valence-corrected chi connectivity index (χ4v) is 2.28. The molecule has 1 aromatic rings. The van der Waals surface area contributed by atoms with Crippen LogP contribution in [0.15, 0.2) is 18.2 Å². The van der Waals surface area contributed by atoms with Crippen molar-refractivity contribution < 1.29 is 14.5 Å². The van der Waals surface area contributed by atoms with Crippen molar-refractivity contribution in [2.75, 3.05) is 18.5 Å². The molecule has 7 nitrogen and oxygen atoms in total. The summed E-state index contributed by atoms with van der Waals surface area (Å²) in [5.74, 6) is -0.313. The predicted octanol–water partition coefficient (Wildman–Crippen LogP) is 1.53. The number of hydrogen-bond acceptors (Lipinski definition) is 5. The van der Waals surface area contributed by atoms with Crippen LogP contribution >= 0.6 is 0 Å². The Labute approximate surface area is 116 Å². The Morgan fingerprint density at radius 3 is 2.90 bits per heavy atom. The molecular formula is C13H17N3O4. The van der Waals surface area contributed by atoms with Gasteiger partial charge in [0.05, 0.1) is 11.0 Å². The van der Waals surface area contributed by atoms with Crippen LogP contribution in [-0.2, 0) is 4.74 Å². The van der Waals surface area contributed by atoms with E-state index in [1.54, 1.807) is 0 Å². The summed E-state index contributed by atoms with van der Waals surface area (Å²) in [5, 5.41) is 14.0. The Hall–Kier alpha value is -2.15. The van der Waals surface area contributed by atoms with Crippen molar-refractivity contribution in [2.24, 2.45) is 11.7 Å². The van der Waals surface area contributed by atoms with Crippen LogP contribution < -0.4 is 11.1 Å². The van der Waals surface area contributed by atoms with E-state index in [1.165, 1.54) is 18.2 Å². The molecule has 0 radical (unpaired) electrons. The van der Waals surface area contributed by atoms with Crippen LogP contribution in [-0.4, -0.2) is 30.1 Å². The number of primary amides is 1. The van der Waals surface area contributed by atoms with Gasteiger partial charge in [0.15, 0.2) is 0 Å². The maximum Gasteiger partial charge on any atom is 0.292 e. The van der Waals surface area contributed by atoms with E-state index in [9.17, 15) is 14.9 Å². The second kappa shape index (κ2) is 5.87. The van der Waals surface area contributed by atoms with Crippen LogP contribution in [0.1, 0.15) is 23.7 Å². The number of ether oxygens (including phenoxy) is 1. The minimum atomic E-state index is -0.611. The molecule has 0 bridgehead atoms. The number of amides is 1. The highest BCUT2D eigenvalue weighted by Gasteiger charge is 2.25. The number of nitrogens with one attached hydrogen (secondary N) is 1. The maximum atomic E-state index is 11.2. The van der Waals surface area contributed by atoms with Gasteiger partial charge in [0.1, 0.15) is 5.69 Å². The highest BCUT2D eigenvalue weighted by atomic mass is 16.6. The summed E-state index contributed by atoms with van der Waals surface area (Å²) in [5.41, 5.74) is 5.68. The molecule has 20 heavy (non-hydrogen) atoms. The highest BCUT2D eigenvalue weighted by Crippen LogP contribution is 2.27. The molecule has 1 heterocycles. The van der Waals surface area contributed by atoms with Crippen molar-refractivity contribution in [1.82, 2.24) is 0 Å². The molecule has 0 aromatic heterocycles. The smallest absolute Gasteiger partial charge is 0.292 e. The third kappa shape index (κ3) is 3.05. The molecule has 1 amide bonds. The minimum Gasteiger partial charge on any atom is -0.379 e. The quantitative estimate of drug-likeness (QED) is 0.627. The van der Waals surface area contributed by atoms with Gasteiger partial charge in [-0.3, -0.25) is 14.9 Å². The van der Waals surface area contributed by atoms with Crippen molar-refractivity contribution in [3.8, 4) is 0 Å². The Morgan fingerprint density at radius 1 is 1.60 bits per heavy atom. The summed E-state index contributed by atoms with van der Waals surface area (Å²) in [7, 11) is 0. The lowest BCUT2D eigenvalue weighted by atomic mass is 10.0. The van der Waals surface area contributed by atoms with Gasteiger partial charge in [-0.05, 0) is 25.5 Å². The fraction of sp³-hybridized carbons (Fsp3) is 0.462. The van der Waals surface area contributed by atoms with Crippen LogP contribution in [0, 0.1) is 16.0 Å². The Morgan fingerprint density at radius 2 is 2.35 bits per heavy atom. The van der Waals surface area contributed by atoms with E-state index in [-0.39, 0.29) is 17.4 Å². The first-order valence-electron chi connectivity index (χ1n) is 6.42. The summed E-state index contributed by atoms with van der Waals surface area (Å²) in [6, 6.07) is 4.06. The predicted molar refractivity (Wildman–Crippen MR) is 73.6 cm³/mol. The van der Waals surface area contributed by atoms with E-state index in [4.69, 9.17) is 10.5 Å². The first-order valence-corrected chi connectivity index (χ1v) is 6.42. The van der Waals surface area contributed by atoms with Crippen LogP contribution in [0.2, 0.25) is 0 Å². The highest BCUT2D eigenvalue weighted by molar-refractivity contribution is 5.94. The average molecular weight is 279 g/mol. The Balaban J connectivity index is 2.17. The molecule has 1 aliphatic heterocycles. The summed E-state index contributed by atoms with van der Waals surface area (Å²) < 4.78 is 5.45. The molecule has 3 N–H and O–H groups in total. The van der Waals surface area contributed by atoms with Crippen LogP contribution in [0.5, 0.6) is 0 Å². The molecule has 1 aliphatic rings. The van der Waals surface area contributed by atoms with Gasteiger partial charge >= 0.3 is 0 Å². The monoisotopic (exact) mass is 279 g/mol. The third-order valence-electron chi connectivity index (χ3n) is 3.57. The average Bonchev–Trinajstić information content (AvgIpc) is 2.81. The standard InChI is InChI=1S/C13H17N3O4/c1-8-10(4-5-20-8)7-15-11-6-9(13(14)17)2-3-12(11)16(18)19/h2-3,6,8,10,15H,4-5,7H2,1H3,(H2,14,17). The first kappa shape index (κ1) is 14.3. The second-order valence-electron chi connectivity index (χ2n) is 4.86. The lowest BCUT2D eigenvalue weighted by Gasteiger charge is -2.15. The number of anilines is 1. The van der Waals surface area contributed by atoms with Crippen LogP contribution in [0.3, 0.4) is 0 Å².